The summed E-state index contributed by atoms with van der Waals surface area (Å²) in [7, 11) is 0. The van der Waals surface area contributed by atoms with Crippen molar-refractivity contribution in [2.75, 3.05) is 31.2 Å². The number of nitrogens with zero attached hydrogens (tertiary/aromatic N) is 2. The molecule has 0 aromatic heterocycles. The molecule has 0 bridgehead atoms. The third-order valence-electron chi connectivity index (χ3n) is 3.62. The molecular weight excluding hydrogens is 276 g/mol. The second-order valence-electron chi connectivity index (χ2n) is 5.18. The average Bonchev–Trinajstić information content (AvgIpc) is 2.61. The number of anilines is 1. The topological polar surface area (TPSA) is 34.1 Å². The highest BCUT2D eigenvalue weighted by molar-refractivity contribution is 5.79. The van der Waals surface area contributed by atoms with E-state index in [0.717, 1.165) is 37.4 Å². The highest BCUT2D eigenvalue weighted by Crippen LogP contribution is 2.16. The molecule has 0 aliphatic carbocycles. The van der Waals surface area contributed by atoms with Gasteiger partial charge in [0.05, 0.1) is 19.4 Å². The minimum Gasteiger partial charge on any atom is -0.391 e. The van der Waals surface area contributed by atoms with E-state index in [4.69, 9.17) is 9.57 Å². The Kier molecular flexibility index (Phi) is 5.05. The molecule has 22 heavy (non-hydrogen) atoms. The first-order valence-corrected chi connectivity index (χ1v) is 7.54. The van der Waals surface area contributed by atoms with E-state index in [0.29, 0.717) is 6.61 Å². The Bertz CT molecular complexity index is 590. The second-order valence-corrected chi connectivity index (χ2v) is 5.18. The van der Waals surface area contributed by atoms with Gasteiger partial charge < -0.3 is 14.5 Å². The van der Waals surface area contributed by atoms with Crippen LogP contribution in [0.15, 0.2) is 59.8 Å². The summed E-state index contributed by atoms with van der Waals surface area (Å²) in [6, 6.07) is 18.4. The van der Waals surface area contributed by atoms with Crippen LogP contribution in [0, 0.1) is 0 Å². The third-order valence-corrected chi connectivity index (χ3v) is 3.62. The largest absolute Gasteiger partial charge is 0.391 e. The van der Waals surface area contributed by atoms with Crippen LogP contribution in [0.25, 0.3) is 0 Å². The van der Waals surface area contributed by atoms with Gasteiger partial charge in [0.2, 0.25) is 0 Å². The van der Waals surface area contributed by atoms with Gasteiger partial charge in [0.25, 0.3) is 0 Å². The number of hydrogen-bond donors (Lipinski definition) is 0. The summed E-state index contributed by atoms with van der Waals surface area (Å²) in [4.78, 5) is 7.64. The van der Waals surface area contributed by atoms with Crippen molar-refractivity contribution < 1.29 is 9.57 Å². The lowest BCUT2D eigenvalue weighted by Crippen LogP contribution is -2.36. The van der Waals surface area contributed by atoms with Gasteiger partial charge in [-0.15, -0.1) is 0 Å². The van der Waals surface area contributed by atoms with Crippen molar-refractivity contribution >= 4 is 11.9 Å². The van der Waals surface area contributed by atoms with Gasteiger partial charge >= 0.3 is 0 Å². The number of morpholine rings is 1. The molecule has 114 valence electrons. The Morgan fingerprint density at radius 3 is 2.45 bits per heavy atom. The van der Waals surface area contributed by atoms with Crippen molar-refractivity contribution in [1.29, 1.82) is 0 Å². The fraction of sp³-hybridized carbons (Fsp3) is 0.278. The second kappa shape index (κ2) is 7.61. The average molecular weight is 296 g/mol. The number of benzene rings is 2. The predicted molar refractivity (Wildman–Crippen MR) is 88.3 cm³/mol. The summed E-state index contributed by atoms with van der Waals surface area (Å²) in [6.45, 7) is 4.00. The third kappa shape index (κ3) is 4.09. The van der Waals surface area contributed by atoms with Crippen LogP contribution in [0.1, 0.15) is 11.1 Å². The summed E-state index contributed by atoms with van der Waals surface area (Å²) in [5.41, 5.74) is 3.37. The molecule has 4 heteroatoms. The molecule has 1 heterocycles. The van der Waals surface area contributed by atoms with Gasteiger partial charge in [0, 0.05) is 18.8 Å². The molecule has 0 N–H and O–H groups in total. The standard InChI is InChI=1S/C18H20N2O2/c1-2-4-17(5-3-1)15-22-19-14-16-6-8-18(9-7-16)20-10-12-21-13-11-20/h1-9,14H,10-13,15H2. The minimum absolute atomic E-state index is 0.489. The van der Waals surface area contributed by atoms with Crippen molar-refractivity contribution in [3.63, 3.8) is 0 Å². The van der Waals surface area contributed by atoms with E-state index < -0.39 is 0 Å². The summed E-state index contributed by atoms with van der Waals surface area (Å²) in [5.74, 6) is 0. The van der Waals surface area contributed by atoms with Crippen LogP contribution in [0.4, 0.5) is 5.69 Å². The molecular formula is C18H20N2O2. The summed E-state index contributed by atoms with van der Waals surface area (Å²) >= 11 is 0. The van der Waals surface area contributed by atoms with Gasteiger partial charge in [0.15, 0.2) is 0 Å². The van der Waals surface area contributed by atoms with E-state index in [-0.39, 0.29) is 0 Å². The smallest absolute Gasteiger partial charge is 0.142 e. The minimum atomic E-state index is 0.489. The van der Waals surface area contributed by atoms with E-state index in [2.05, 4.69) is 34.3 Å². The fourth-order valence-corrected chi connectivity index (χ4v) is 2.38. The van der Waals surface area contributed by atoms with E-state index in [9.17, 15) is 0 Å². The van der Waals surface area contributed by atoms with E-state index >= 15 is 0 Å². The number of rotatable bonds is 5. The molecule has 0 saturated carbocycles. The van der Waals surface area contributed by atoms with Crippen molar-refractivity contribution in [2.45, 2.75) is 6.61 Å². The molecule has 4 nitrogen and oxygen atoms in total. The molecule has 2 aromatic carbocycles. The van der Waals surface area contributed by atoms with E-state index in [1.165, 1.54) is 5.69 Å². The Morgan fingerprint density at radius 1 is 1.00 bits per heavy atom. The molecule has 1 aliphatic rings. The molecule has 1 fully saturated rings. The number of ether oxygens (including phenoxy) is 1. The van der Waals surface area contributed by atoms with Crippen LogP contribution in [0.3, 0.4) is 0 Å². The molecule has 0 radical (unpaired) electrons. The zero-order valence-electron chi connectivity index (χ0n) is 12.5. The van der Waals surface area contributed by atoms with Gasteiger partial charge in [0.1, 0.15) is 6.61 Å². The molecule has 2 aromatic rings. The Balaban J connectivity index is 1.51. The first-order valence-electron chi connectivity index (χ1n) is 7.54. The first-order chi connectivity index (χ1) is 10.9. The Morgan fingerprint density at radius 2 is 1.73 bits per heavy atom. The highest BCUT2D eigenvalue weighted by atomic mass is 16.6. The monoisotopic (exact) mass is 296 g/mol. The lowest BCUT2D eigenvalue weighted by Gasteiger charge is -2.28. The summed E-state index contributed by atoms with van der Waals surface area (Å²) in [6.07, 6.45) is 1.74. The zero-order chi connectivity index (χ0) is 15.0. The normalized spacial score (nSPS) is 15.2. The molecule has 0 atom stereocenters. The molecule has 1 saturated heterocycles. The lowest BCUT2D eigenvalue weighted by atomic mass is 10.2. The zero-order valence-corrected chi connectivity index (χ0v) is 12.5. The predicted octanol–water partition coefficient (Wildman–Crippen LogP) is 3.07. The first kappa shape index (κ1) is 14.6. The van der Waals surface area contributed by atoms with Crippen molar-refractivity contribution in [2.24, 2.45) is 5.16 Å². The number of oxime groups is 1. The summed E-state index contributed by atoms with van der Waals surface area (Å²) < 4.78 is 5.37. The van der Waals surface area contributed by atoms with E-state index in [1.807, 2.05) is 30.3 Å². The van der Waals surface area contributed by atoms with Gasteiger partial charge in [-0.3, -0.25) is 0 Å². The van der Waals surface area contributed by atoms with Gasteiger partial charge in [-0.1, -0.05) is 47.6 Å². The summed E-state index contributed by atoms with van der Waals surface area (Å²) in [5, 5.41) is 4.02. The van der Waals surface area contributed by atoms with Crippen LogP contribution in [0.5, 0.6) is 0 Å². The fourth-order valence-electron chi connectivity index (χ4n) is 2.38. The van der Waals surface area contributed by atoms with Crippen molar-refractivity contribution in [1.82, 2.24) is 0 Å². The maximum atomic E-state index is 5.37. The van der Waals surface area contributed by atoms with Crippen LogP contribution >= 0.6 is 0 Å². The SMILES string of the molecule is C(=NOCc1ccccc1)c1ccc(N2CCOCC2)cc1. The van der Waals surface area contributed by atoms with Crippen molar-refractivity contribution in [3.05, 3.63) is 65.7 Å². The van der Waals surface area contributed by atoms with Gasteiger partial charge in [-0.25, -0.2) is 0 Å². The quantitative estimate of drug-likeness (QED) is 0.628. The van der Waals surface area contributed by atoms with Crippen LogP contribution < -0.4 is 4.90 Å². The van der Waals surface area contributed by atoms with Crippen LogP contribution in [-0.4, -0.2) is 32.5 Å². The number of hydrogen-bond acceptors (Lipinski definition) is 4. The molecule has 3 rings (SSSR count). The van der Waals surface area contributed by atoms with Gasteiger partial charge in [-0.2, -0.15) is 0 Å². The lowest BCUT2D eigenvalue weighted by molar-refractivity contribution is 0.122. The maximum Gasteiger partial charge on any atom is 0.142 e. The molecule has 0 amide bonds. The maximum absolute atomic E-state index is 5.37. The van der Waals surface area contributed by atoms with Gasteiger partial charge in [-0.05, 0) is 23.3 Å². The molecule has 0 unspecified atom stereocenters. The molecule has 1 aliphatic heterocycles. The molecule has 0 spiro atoms. The Labute approximate surface area is 131 Å². The Hall–Kier alpha value is -2.33. The van der Waals surface area contributed by atoms with Crippen LogP contribution in [0.2, 0.25) is 0 Å². The van der Waals surface area contributed by atoms with Crippen LogP contribution in [-0.2, 0) is 16.2 Å². The highest BCUT2D eigenvalue weighted by Gasteiger charge is 2.10. The van der Waals surface area contributed by atoms with Crippen molar-refractivity contribution in [3.8, 4) is 0 Å². The van der Waals surface area contributed by atoms with E-state index in [1.54, 1.807) is 6.21 Å².